The van der Waals surface area contributed by atoms with Gasteiger partial charge in [0.05, 0.1) is 18.0 Å². The molecule has 0 fully saturated rings. The summed E-state index contributed by atoms with van der Waals surface area (Å²) in [7, 11) is 0. The minimum absolute atomic E-state index is 0.0235. The maximum absolute atomic E-state index is 13.1. The van der Waals surface area contributed by atoms with Gasteiger partial charge in [0.1, 0.15) is 6.54 Å². The Balaban J connectivity index is 1.83. The smallest absolute Gasteiger partial charge is 0.325 e. The molecule has 30 heavy (non-hydrogen) atoms. The van der Waals surface area contributed by atoms with Gasteiger partial charge in [-0.05, 0) is 23.8 Å². The van der Waals surface area contributed by atoms with E-state index in [4.69, 9.17) is 0 Å². The number of carbonyl (C=O) groups is 1. The van der Waals surface area contributed by atoms with Crippen LogP contribution in [0.2, 0.25) is 0 Å². The Morgan fingerprint density at radius 1 is 1.10 bits per heavy atom. The number of hydrogen-bond acceptors (Lipinski definition) is 4. The summed E-state index contributed by atoms with van der Waals surface area (Å²) in [5.41, 5.74) is 0.556. The van der Waals surface area contributed by atoms with Crippen LogP contribution in [0.3, 0.4) is 0 Å². The molecular weight excluding hydrogens is 401 g/mol. The molecule has 7 nitrogen and oxygen atoms in total. The van der Waals surface area contributed by atoms with Gasteiger partial charge in [-0.2, -0.15) is 18.3 Å². The number of halogens is 3. The highest BCUT2D eigenvalue weighted by molar-refractivity contribution is 5.94. The van der Waals surface area contributed by atoms with E-state index in [0.29, 0.717) is 11.4 Å². The van der Waals surface area contributed by atoms with E-state index in [2.05, 4.69) is 5.10 Å². The molecule has 0 aliphatic heterocycles. The van der Waals surface area contributed by atoms with Gasteiger partial charge in [0, 0.05) is 29.6 Å². The maximum Gasteiger partial charge on any atom is 0.406 e. The van der Waals surface area contributed by atoms with Gasteiger partial charge in [-0.3, -0.25) is 19.6 Å². The van der Waals surface area contributed by atoms with Crippen LogP contribution >= 0.6 is 0 Å². The highest BCUT2D eigenvalue weighted by Gasteiger charge is 2.34. The first-order chi connectivity index (χ1) is 14.2. The highest BCUT2D eigenvalue weighted by atomic mass is 19.4. The van der Waals surface area contributed by atoms with Gasteiger partial charge >= 0.3 is 6.18 Å². The van der Waals surface area contributed by atoms with Gasteiger partial charge in [-0.15, -0.1) is 0 Å². The van der Waals surface area contributed by atoms with Crippen LogP contribution in [0.15, 0.2) is 67.0 Å². The Morgan fingerprint density at radius 2 is 1.80 bits per heavy atom. The lowest BCUT2D eigenvalue weighted by Crippen LogP contribution is -2.38. The standard InChI is InChI=1S/C20H17F3N4O3/c21-20(22,23)14-25(13-17-4-1-2-5-18(17)27(29)30)19(28)16-8-6-15(7-9-16)12-26-11-3-10-24-26/h1-11H,12-14H2. The monoisotopic (exact) mass is 418 g/mol. The lowest BCUT2D eigenvalue weighted by atomic mass is 10.1. The Morgan fingerprint density at radius 3 is 2.40 bits per heavy atom. The fraction of sp³-hybridized carbons (Fsp3) is 0.200. The van der Waals surface area contributed by atoms with Crippen molar-refractivity contribution in [2.45, 2.75) is 19.3 Å². The Kier molecular flexibility index (Phi) is 6.14. The fourth-order valence-electron chi connectivity index (χ4n) is 2.96. The zero-order valence-electron chi connectivity index (χ0n) is 15.6. The molecule has 0 aliphatic carbocycles. The average molecular weight is 418 g/mol. The number of nitro benzene ring substituents is 1. The van der Waals surface area contributed by atoms with Crippen LogP contribution < -0.4 is 0 Å². The third-order valence-electron chi connectivity index (χ3n) is 4.31. The third-order valence-corrected chi connectivity index (χ3v) is 4.31. The van der Waals surface area contributed by atoms with E-state index in [1.54, 1.807) is 35.3 Å². The van der Waals surface area contributed by atoms with Gasteiger partial charge in [0.25, 0.3) is 11.6 Å². The molecule has 0 spiro atoms. The second-order valence-electron chi connectivity index (χ2n) is 6.56. The predicted molar refractivity (Wildman–Crippen MR) is 102 cm³/mol. The molecule has 1 heterocycles. The van der Waals surface area contributed by atoms with Crippen LogP contribution in [0.25, 0.3) is 0 Å². The van der Waals surface area contributed by atoms with E-state index >= 15 is 0 Å². The van der Waals surface area contributed by atoms with Crippen LogP contribution in [0.1, 0.15) is 21.5 Å². The molecule has 0 unspecified atom stereocenters. The predicted octanol–water partition coefficient (Wildman–Crippen LogP) is 4.04. The Bertz CT molecular complexity index is 1020. The summed E-state index contributed by atoms with van der Waals surface area (Å²) in [6.07, 6.45) is -1.27. The molecule has 2 aromatic carbocycles. The van der Waals surface area contributed by atoms with Crippen LogP contribution in [-0.2, 0) is 13.1 Å². The van der Waals surface area contributed by atoms with Crippen molar-refractivity contribution in [2.24, 2.45) is 0 Å². The van der Waals surface area contributed by atoms with Gasteiger partial charge in [0.15, 0.2) is 0 Å². The molecule has 3 rings (SSSR count). The molecule has 0 N–H and O–H groups in total. The quantitative estimate of drug-likeness (QED) is 0.428. The molecule has 1 aromatic heterocycles. The minimum Gasteiger partial charge on any atom is -0.325 e. The van der Waals surface area contributed by atoms with E-state index in [1.807, 2.05) is 0 Å². The molecule has 0 saturated carbocycles. The second-order valence-corrected chi connectivity index (χ2v) is 6.56. The first-order valence-corrected chi connectivity index (χ1v) is 8.87. The number of carbonyl (C=O) groups excluding carboxylic acids is 1. The number of benzene rings is 2. The van der Waals surface area contributed by atoms with Crippen molar-refractivity contribution in [3.63, 3.8) is 0 Å². The largest absolute Gasteiger partial charge is 0.406 e. The first kappa shape index (κ1) is 21.0. The third kappa shape index (κ3) is 5.43. The van der Waals surface area contributed by atoms with Gasteiger partial charge in [-0.1, -0.05) is 30.3 Å². The fourth-order valence-corrected chi connectivity index (χ4v) is 2.96. The van der Waals surface area contributed by atoms with Crippen molar-refractivity contribution >= 4 is 11.6 Å². The van der Waals surface area contributed by atoms with E-state index in [1.165, 1.54) is 36.4 Å². The van der Waals surface area contributed by atoms with Crippen molar-refractivity contribution in [3.05, 3.63) is 93.8 Å². The van der Waals surface area contributed by atoms with Crippen molar-refractivity contribution in [1.82, 2.24) is 14.7 Å². The van der Waals surface area contributed by atoms with Gasteiger partial charge in [0.2, 0.25) is 0 Å². The number of nitrogens with zero attached hydrogens (tertiary/aromatic N) is 4. The molecule has 0 radical (unpaired) electrons. The summed E-state index contributed by atoms with van der Waals surface area (Å²) in [6, 6.07) is 13.3. The van der Waals surface area contributed by atoms with Crippen molar-refractivity contribution in [3.8, 4) is 0 Å². The summed E-state index contributed by atoms with van der Waals surface area (Å²) in [4.78, 5) is 23.8. The summed E-state index contributed by atoms with van der Waals surface area (Å²) >= 11 is 0. The topological polar surface area (TPSA) is 81.3 Å². The van der Waals surface area contributed by atoms with Crippen molar-refractivity contribution < 1.29 is 22.9 Å². The van der Waals surface area contributed by atoms with Crippen LogP contribution in [0.5, 0.6) is 0 Å². The number of aromatic nitrogens is 2. The zero-order chi connectivity index (χ0) is 21.7. The molecule has 10 heteroatoms. The molecule has 1 amide bonds. The van der Waals surface area contributed by atoms with E-state index in [0.717, 1.165) is 5.56 Å². The number of para-hydroxylation sites is 1. The van der Waals surface area contributed by atoms with Crippen LogP contribution in [-0.4, -0.2) is 38.2 Å². The van der Waals surface area contributed by atoms with E-state index < -0.39 is 30.1 Å². The molecular formula is C20H17F3N4O3. The molecule has 156 valence electrons. The number of rotatable bonds is 7. The van der Waals surface area contributed by atoms with Gasteiger partial charge < -0.3 is 4.90 Å². The summed E-state index contributed by atoms with van der Waals surface area (Å²) in [5.74, 6) is -0.865. The Hall–Kier alpha value is -3.69. The van der Waals surface area contributed by atoms with Crippen molar-refractivity contribution in [2.75, 3.05) is 6.54 Å². The number of alkyl halides is 3. The van der Waals surface area contributed by atoms with Gasteiger partial charge in [-0.25, -0.2) is 0 Å². The second kappa shape index (κ2) is 8.76. The zero-order valence-corrected chi connectivity index (χ0v) is 15.6. The van der Waals surface area contributed by atoms with Crippen LogP contribution in [0.4, 0.5) is 18.9 Å². The summed E-state index contributed by atoms with van der Waals surface area (Å²) in [6.45, 7) is -1.61. The van der Waals surface area contributed by atoms with E-state index in [-0.39, 0.29) is 16.8 Å². The summed E-state index contributed by atoms with van der Waals surface area (Å²) < 4.78 is 40.9. The molecule has 3 aromatic rings. The van der Waals surface area contributed by atoms with Crippen LogP contribution in [0, 0.1) is 10.1 Å². The molecule has 0 atom stereocenters. The minimum atomic E-state index is -4.65. The maximum atomic E-state index is 13.1. The number of amides is 1. The molecule has 0 aliphatic rings. The number of hydrogen-bond donors (Lipinski definition) is 0. The SMILES string of the molecule is O=C(c1ccc(Cn2cccn2)cc1)N(Cc1ccccc1[N+](=O)[O-])CC(F)(F)F. The normalized spacial score (nSPS) is 11.3. The highest BCUT2D eigenvalue weighted by Crippen LogP contribution is 2.24. The summed E-state index contributed by atoms with van der Waals surface area (Å²) in [5, 5.41) is 15.2. The van der Waals surface area contributed by atoms with E-state index in [9.17, 15) is 28.1 Å². The van der Waals surface area contributed by atoms with Crippen molar-refractivity contribution in [1.29, 1.82) is 0 Å². The Labute approximate surface area is 169 Å². The molecule has 0 bridgehead atoms. The lowest BCUT2D eigenvalue weighted by molar-refractivity contribution is -0.385. The first-order valence-electron chi connectivity index (χ1n) is 8.87. The molecule has 0 saturated heterocycles. The number of nitro groups is 1. The average Bonchev–Trinajstić information content (AvgIpc) is 3.20. The lowest BCUT2D eigenvalue weighted by Gasteiger charge is -2.24.